The third-order valence-corrected chi connectivity index (χ3v) is 3.54. The van der Waals surface area contributed by atoms with Crippen molar-refractivity contribution in [3.8, 4) is 5.75 Å². The van der Waals surface area contributed by atoms with Crippen molar-refractivity contribution in [2.45, 2.75) is 30.9 Å². The number of nitrogens with one attached hydrogen (secondary N) is 1. The molecular weight excluding hydrogens is 246 g/mol. The predicted molar refractivity (Wildman–Crippen MR) is 76.2 cm³/mol. The van der Waals surface area contributed by atoms with Gasteiger partial charge in [0.15, 0.2) is 0 Å². The summed E-state index contributed by atoms with van der Waals surface area (Å²) in [5.74, 6) is 1.40. The van der Waals surface area contributed by atoms with E-state index in [0.717, 1.165) is 17.2 Å². The van der Waals surface area contributed by atoms with Crippen LogP contribution in [0.1, 0.15) is 20.8 Å². The first-order valence-electron chi connectivity index (χ1n) is 6.11. The second kappa shape index (κ2) is 7.31. The van der Waals surface area contributed by atoms with Crippen LogP contribution in [0.3, 0.4) is 0 Å². The molecule has 0 aromatic heterocycles. The van der Waals surface area contributed by atoms with Gasteiger partial charge >= 0.3 is 0 Å². The molecule has 3 nitrogen and oxygen atoms in total. The van der Waals surface area contributed by atoms with Crippen molar-refractivity contribution in [1.82, 2.24) is 5.32 Å². The number of amides is 1. The summed E-state index contributed by atoms with van der Waals surface area (Å²) in [6, 6.07) is 7.74. The van der Waals surface area contributed by atoms with Gasteiger partial charge in [0.1, 0.15) is 5.75 Å². The number of hydrogen-bond donors (Lipinski definition) is 1. The van der Waals surface area contributed by atoms with E-state index in [1.165, 1.54) is 0 Å². The molecule has 0 saturated heterocycles. The predicted octanol–water partition coefficient (Wildman–Crippen LogP) is 2.95. The third kappa shape index (κ3) is 5.00. The Kier molecular flexibility index (Phi) is 6.05. The quantitative estimate of drug-likeness (QED) is 0.805. The number of ether oxygens (including phenoxy) is 1. The summed E-state index contributed by atoms with van der Waals surface area (Å²) in [7, 11) is 1.64. The highest BCUT2D eigenvalue weighted by Crippen LogP contribution is 2.25. The summed E-state index contributed by atoms with van der Waals surface area (Å²) in [5.41, 5.74) is 0. The topological polar surface area (TPSA) is 38.3 Å². The van der Waals surface area contributed by atoms with Crippen LogP contribution in [0.2, 0.25) is 0 Å². The van der Waals surface area contributed by atoms with Crippen LogP contribution < -0.4 is 10.1 Å². The van der Waals surface area contributed by atoms with E-state index in [1.807, 2.05) is 31.2 Å². The molecule has 1 rings (SSSR count). The van der Waals surface area contributed by atoms with Crippen LogP contribution in [0, 0.1) is 5.92 Å². The van der Waals surface area contributed by atoms with Gasteiger partial charge in [0.25, 0.3) is 0 Å². The molecule has 4 heteroatoms. The molecule has 1 amide bonds. The molecule has 0 bridgehead atoms. The van der Waals surface area contributed by atoms with Gasteiger partial charge in [0.2, 0.25) is 5.91 Å². The van der Waals surface area contributed by atoms with Gasteiger partial charge in [-0.25, -0.2) is 0 Å². The minimum Gasteiger partial charge on any atom is -0.497 e. The lowest BCUT2D eigenvalue weighted by molar-refractivity contribution is -0.120. The molecule has 0 aliphatic heterocycles. The Balaban J connectivity index is 2.47. The Morgan fingerprint density at radius 3 is 2.39 bits per heavy atom. The Morgan fingerprint density at radius 1 is 1.28 bits per heavy atom. The van der Waals surface area contributed by atoms with E-state index in [9.17, 15) is 4.79 Å². The van der Waals surface area contributed by atoms with Crippen LogP contribution in [-0.2, 0) is 4.79 Å². The molecule has 1 aromatic rings. The van der Waals surface area contributed by atoms with Crippen molar-refractivity contribution in [3.05, 3.63) is 24.3 Å². The first-order chi connectivity index (χ1) is 8.52. The fourth-order valence-electron chi connectivity index (χ4n) is 1.36. The third-order valence-electron chi connectivity index (χ3n) is 2.43. The summed E-state index contributed by atoms with van der Waals surface area (Å²) in [6.07, 6.45) is 0. The van der Waals surface area contributed by atoms with Crippen LogP contribution in [0.15, 0.2) is 29.2 Å². The monoisotopic (exact) mass is 267 g/mol. The molecule has 0 spiro atoms. The van der Waals surface area contributed by atoms with E-state index in [0.29, 0.717) is 5.92 Å². The molecule has 0 unspecified atom stereocenters. The SMILES string of the molecule is COc1ccc(S[C@H](C)C(=O)NCC(C)C)cc1. The number of hydrogen-bond acceptors (Lipinski definition) is 3. The molecule has 0 heterocycles. The number of carbonyl (C=O) groups excluding carboxylic acids is 1. The smallest absolute Gasteiger partial charge is 0.233 e. The molecule has 18 heavy (non-hydrogen) atoms. The number of thioether (sulfide) groups is 1. The van der Waals surface area contributed by atoms with Gasteiger partial charge in [0, 0.05) is 11.4 Å². The second-order valence-electron chi connectivity index (χ2n) is 4.57. The zero-order chi connectivity index (χ0) is 13.5. The molecule has 1 atom stereocenters. The second-order valence-corrected chi connectivity index (χ2v) is 5.99. The Labute approximate surface area is 113 Å². The van der Waals surface area contributed by atoms with Crippen LogP contribution in [0.4, 0.5) is 0 Å². The van der Waals surface area contributed by atoms with Crippen LogP contribution >= 0.6 is 11.8 Å². The number of rotatable bonds is 6. The van der Waals surface area contributed by atoms with E-state index < -0.39 is 0 Å². The largest absolute Gasteiger partial charge is 0.497 e. The van der Waals surface area contributed by atoms with E-state index in [-0.39, 0.29) is 11.2 Å². The van der Waals surface area contributed by atoms with E-state index in [4.69, 9.17) is 4.74 Å². The lowest BCUT2D eigenvalue weighted by Gasteiger charge is -2.13. The maximum atomic E-state index is 11.8. The number of benzene rings is 1. The summed E-state index contributed by atoms with van der Waals surface area (Å²) < 4.78 is 5.10. The Hall–Kier alpha value is -1.16. The van der Waals surface area contributed by atoms with Gasteiger partial charge in [-0.3, -0.25) is 4.79 Å². The van der Waals surface area contributed by atoms with Crippen LogP contribution in [-0.4, -0.2) is 24.8 Å². The fourth-order valence-corrected chi connectivity index (χ4v) is 2.25. The van der Waals surface area contributed by atoms with Crippen molar-refractivity contribution in [3.63, 3.8) is 0 Å². The molecule has 1 aromatic carbocycles. The zero-order valence-electron chi connectivity index (χ0n) is 11.4. The van der Waals surface area contributed by atoms with Gasteiger partial charge in [-0.15, -0.1) is 11.8 Å². The number of carbonyl (C=O) groups is 1. The summed E-state index contributed by atoms with van der Waals surface area (Å²) in [6.45, 7) is 6.82. The molecule has 0 saturated carbocycles. The normalized spacial score (nSPS) is 12.3. The molecule has 0 radical (unpaired) electrons. The number of methoxy groups -OCH3 is 1. The van der Waals surface area contributed by atoms with Crippen molar-refractivity contribution >= 4 is 17.7 Å². The van der Waals surface area contributed by atoms with Crippen molar-refractivity contribution in [2.75, 3.05) is 13.7 Å². The van der Waals surface area contributed by atoms with Crippen molar-refractivity contribution < 1.29 is 9.53 Å². The molecule has 0 aliphatic rings. The average Bonchev–Trinajstić information content (AvgIpc) is 2.36. The van der Waals surface area contributed by atoms with Gasteiger partial charge in [-0.1, -0.05) is 13.8 Å². The first-order valence-corrected chi connectivity index (χ1v) is 6.99. The van der Waals surface area contributed by atoms with Gasteiger partial charge in [-0.2, -0.15) is 0 Å². The Bertz CT molecular complexity index is 376. The minimum atomic E-state index is -0.0860. The molecule has 1 N–H and O–H groups in total. The Morgan fingerprint density at radius 2 is 1.89 bits per heavy atom. The standard InChI is InChI=1S/C14H21NO2S/c1-10(2)9-15-14(16)11(3)18-13-7-5-12(17-4)6-8-13/h5-8,10-11H,9H2,1-4H3,(H,15,16)/t11-/m1/s1. The molecular formula is C14H21NO2S. The summed E-state index contributed by atoms with van der Waals surface area (Å²) >= 11 is 1.55. The zero-order valence-corrected chi connectivity index (χ0v) is 12.2. The van der Waals surface area contributed by atoms with Gasteiger partial charge < -0.3 is 10.1 Å². The maximum Gasteiger partial charge on any atom is 0.233 e. The molecule has 100 valence electrons. The highest BCUT2D eigenvalue weighted by Gasteiger charge is 2.14. The average molecular weight is 267 g/mol. The maximum absolute atomic E-state index is 11.8. The van der Waals surface area contributed by atoms with Crippen LogP contribution in [0.25, 0.3) is 0 Å². The van der Waals surface area contributed by atoms with E-state index in [1.54, 1.807) is 18.9 Å². The highest BCUT2D eigenvalue weighted by atomic mass is 32.2. The lowest BCUT2D eigenvalue weighted by atomic mass is 10.2. The van der Waals surface area contributed by atoms with Crippen molar-refractivity contribution in [2.24, 2.45) is 5.92 Å². The highest BCUT2D eigenvalue weighted by molar-refractivity contribution is 8.00. The van der Waals surface area contributed by atoms with Crippen LogP contribution in [0.5, 0.6) is 5.75 Å². The summed E-state index contributed by atoms with van der Waals surface area (Å²) in [4.78, 5) is 12.9. The van der Waals surface area contributed by atoms with Gasteiger partial charge in [-0.05, 0) is 37.1 Å². The van der Waals surface area contributed by atoms with E-state index in [2.05, 4.69) is 19.2 Å². The summed E-state index contributed by atoms with van der Waals surface area (Å²) in [5, 5.41) is 2.85. The lowest BCUT2D eigenvalue weighted by Crippen LogP contribution is -2.33. The van der Waals surface area contributed by atoms with E-state index >= 15 is 0 Å². The minimum absolute atomic E-state index is 0.0860. The van der Waals surface area contributed by atoms with Gasteiger partial charge in [0.05, 0.1) is 12.4 Å². The molecule has 0 fully saturated rings. The fraction of sp³-hybridized carbons (Fsp3) is 0.500. The molecule has 0 aliphatic carbocycles. The van der Waals surface area contributed by atoms with Crippen molar-refractivity contribution in [1.29, 1.82) is 0 Å². The first kappa shape index (κ1) is 14.9.